The zero-order valence-electron chi connectivity index (χ0n) is 22.1. The molecule has 4 fully saturated rings. The van der Waals surface area contributed by atoms with E-state index in [4.69, 9.17) is 4.74 Å². The van der Waals surface area contributed by atoms with E-state index in [9.17, 15) is 20.1 Å². The van der Waals surface area contributed by atoms with Crippen molar-refractivity contribution in [3.63, 3.8) is 0 Å². The molecule has 2 aliphatic heterocycles. The molecule has 0 amide bonds. The van der Waals surface area contributed by atoms with Crippen LogP contribution in [0.4, 0.5) is 0 Å². The van der Waals surface area contributed by atoms with Crippen LogP contribution < -0.4 is 4.74 Å². The van der Waals surface area contributed by atoms with E-state index in [1.165, 1.54) is 25.7 Å². The number of piperidine rings is 1. The minimum atomic E-state index is -0.940. The molecular weight excluding hydrogens is 454 g/mol. The van der Waals surface area contributed by atoms with E-state index in [0.29, 0.717) is 30.4 Å². The summed E-state index contributed by atoms with van der Waals surface area (Å²) < 4.78 is 6.04. The SMILES string of the molecule is CC1CCC(C(C)C)C(O)C1.O=C1CC[C@@]2(O)[C@H]3Cc4ccc(O)c5c4[C@@]2(CCN3CC2CC2)[C@H]1O5. The van der Waals surface area contributed by atoms with E-state index in [1.54, 1.807) is 6.07 Å². The number of ketones is 1. The van der Waals surface area contributed by atoms with Crippen LogP contribution in [0, 0.1) is 23.7 Å². The number of aliphatic hydroxyl groups is 2. The number of likely N-dealkylation sites (tertiary alicyclic amines) is 1. The second kappa shape index (κ2) is 8.71. The number of aromatic hydroxyl groups is 1. The van der Waals surface area contributed by atoms with Crippen LogP contribution >= 0.6 is 0 Å². The smallest absolute Gasteiger partial charge is 0.174 e. The largest absolute Gasteiger partial charge is 0.504 e. The molecule has 1 saturated heterocycles. The molecule has 3 N–H and O–H groups in total. The average Bonchev–Trinajstić information content (AvgIpc) is 3.56. The highest BCUT2D eigenvalue weighted by atomic mass is 16.5. The molecular formula is C30H43NO5. The van der Waals surface area contributed by atoms with Crippen LogP contribution in [-0.2, 0) is 16.6 Å². The van der Waals surface area contributed by atoms with E-state index < -0.39 is 17.1 Å². The van der Waals surface area contributed by atoms with Crippen molar-refractivity contribution in [3.8, 4) is 11.5 Å². The zero-order valence-corrected chi connectivity index (χ0v) is 22.1. The molecule has 6 nitrogen and oxygen atoms in total. The van der Waals surface area contributed by atoms with Crippen molar-refractivity contribution in [2.45, 2.75) is 108 Å². The molecule has 4 aliphatic carbocycles. The van der Waals surface area contributed by atoms with Crippen molar-refractivity contribution in [2.24, 2.45) is 23.7 Å². The van der Waals surface area contributed by atoms with Gasteiger partial charge in [-0.15, -0.1) is 0 Å². The summed E-state index contributed by atoms with van der Waals surface area (Å²) in [5.74, 6) is 3.34. The van der Waals surface area contributed by atoms with Gasteiger partial charge in [-0.25, -0.2) is 0 Å². The summed E-state index contributed by atoms with van der Waals surface area (Å²) in [6, 6.07) is 3.69. The number of carbonyl (C=O) groups excluding carboxylic acids is 1. The molecule has 36 heavy (non-hydrogen) atoms. The molecule has 2 bridgehead atoms. The molecule has 1 aromatic carbocycles. The van der Waals surface area contributed by atoms with Gasteiger partial charge in [0.2, 0.25) is 0 Å². The highest BCUT2D eigenvalue weighted by molar-refractivity contribution is 5.90. The molecule has 0 radical (unpaired) electrons. The molecule has 3 unspecified atom stereocenters. The van der Waals surface area contributed by atoms with Gasteiger partial charge in [-0.05, 0) is 86.8 Å². The number of nitrogens with zero attached hydrogens (tertiary/aromatic N) is 1. The summed E-state index contributed by atoms with van der Waals surface area (Å²) in [6.07, 6.45) is 7.84. The van der Waals surface area contributed by atoms with Gasteiger partial charge in [-0.3, -0.25) is 9.69 Å². The third kappa shape index (κ3) is 3.58. The summed E-state index contributed by atoms with van der Waals surface area (Å²) in [6.45, 7) is 8.61. The summed E-state index contributed by atoms with van der Waals surface area (Å²) in [5.41, 5.74) is 0.454. The van der Waals surface area contributed by atoms with E-state index in [0.717, 1.165) is 55.3 Å². The van der Waals surface area contributed by atoms with Crippen molar-refractivity contribution < 1.29 is 24.9 Å². The van der Waals surface area contributed by atoms with Crippen LogP contribution in [0.2, 0.25) is 0 Å². The highest BCUT2D eigenvalue weighted by Crippen LogP contribution is 2.64. The lowest BCUT2D eigenvalue weighted by Gasteiger charge is -2.62. The lowest BCUT2D eigenvalue weighted by Crippen LogP contribution is -2.76. The maximum atomic E-state index is 12.7. The van der Waals surface area contributed by atoms with Gasteiger partial charge < -0.3 is 20.1 Å². The quantitative estimate of drug-likeness (QED) is 0.586. The van der Waals surface area contributed by atoms with Crippen molar-refractivity contribution >= 4 is 5.78 Å². The van der Waals surface area contributed by atoms with Gasteiger partial charge >= 0.3 is 0 Å². The molecule has 1 aromatic rings. The second-order valence-electron chi connectivity index (χ2n) is 13.1. The first-order valence-electron chi connectivity index (χ1n) is 14.3. The average molecular weight is 498 g/mol. The van der Waals surface area contributed by atoms with Crippen LogP contribution in [0.5, 0.6) is 11.5 Å². The lowest BCUT2D eigenvalue weighted by molar-refractivity contribution is -0.188. The third-order valence-corrected chi connectivity index (χ3v) is 10.5. The van der Waals surface area contributed by atoms with Crippen molar-refractivity contribution in [2.75, 3.05) is 13.1 Å². The van der Waals surface area contributed by atoms with Gasteiger partial charge in [0.05, 0.1) is 17.1 Å². The number of Topliss-reactive ketones (excluding diaryl/α,β-unsaturated/α-hetero) is 1. The van der Waals surface area contributed by atoms with Crippen LogP contribution in [0.3, 0.4) is 0 Å². The minimum Gasteiger partial charge on any atom is -0.504 e. The topological polar surface area (TPSA) is 90.2 Å². The number of phenols is 1. The first kappa shape index (κ1) is 24.7. The van der Waals surface area contributed by atoms with Gasteiger partial charge in [-0.1, -0.05) is 33.3 Å². The first-order valence-corrected chi connectivity index (χ1v) is 14.3. The summed E-state index contributed by atoms with van der Waals surface area (Å²) in [7, 11) is 0. The molecule has 3 saturated carbocycles. The Hall–Kier alpha value is -1.63. The van der Waals surface area contributed by atoms with Crippen molar-refractivity contribution in [1.29, 1.82) is 0 Å². The van der Waals surface area contributed by atoms with Crippen LogP contribution in [0.25, 0.3) is 0 Å². The fraction of sp³-hybridized carbons (Fsp3) is 0.767. The second-order valence-corrected chi connectivity index (χ2v) is 13.1. The first-order chi connectivity index (χ1) is 17.2. The van der Waals surface area contributed by atoms with E-state index in [2.05, 4.69) is 25.7 Å². The number of ether oxygens (including phenoxy) is 1. The Morgan fingerprint density at radius 2 is 1.94 bits per heavy atom. The zero-order chi connectivity index (χ0) is 25.4. The maximum Gasteiger partial charge on any atom is 0.174 e. The number of benzene rings is 1. The standard InChI is InChI=1S/C20H23NO4.C10H20O/c22-13-4-3-12-9-15-20(24)6-5-14(23)18-19(20,16(12)17(13)25-18)7-8-21(15)10-11-1-2-11;1-7(2)9-5-4-8(3)6-10(9)11/h3-4,11,15,18,22,24H,1-2,5-10H2;7-11H,4-6H2,1-3H3/t15-,18+,19+,20-;/m1./s1. The van der Waals surface area contributed by atoms with Gasteiger partial charge in [-0.2, -0.15) is 0 Å². The molecule has 0 aromatic heterocycles. The molecule has 1 spiro atoms. The third-order valence-electron chi connectivity index (χ3n) is 10.5. The van der Waals surface area contributed by atoms with Crippen LogP contribution in [0.15, 0.2) is 12.1 Å². The fourth-order valence-corrected chi connectivity index (χ4v) is 8.42. The summed E-state index contributed by atoms with van der Waals surface area (Å²) in [5, 5.41) is 32.0. The predicted molar refractivity (Wildman–Crippen MR) is 137 cm³/mol. The molecule has 198 valence electrons. The van der Waals surface area contributed by atoms with Crippen molar-refractivity contribution in [1.82, 2.24) is 4.90 Å². The molecule has 2 heterocycles. The molecule has 6 heteroatoms. The van der Waals surface area contributed by atoms with E-state index in [-0.39, 0.29) is 23.7 Å². The predicted octanol–water partition coefficient (Wildman–Crippen LogP) is 3.96. The number of rotatable bonds is 3. The number of hydrogen-bond donors (Lipinski definition) is 3. The Balaban J connectivity index is 0.000000186. The van der Waals surface area contributed by atoms with E-state index in [1.807, 2.05) is 6.07 Å². The number of aliphatic hydroxyl groups excluding tert-OH is 1. The van der Waals surface area contributed by atoms with Crippen LogP contribution in [-0.4, -0.2) is 62.9 Å². The monoisotopic (exact) mass is 497 g/mol. The highest BCUT2D eigenvalue weighted by Gasteiger charge is 2.73. The van der Waals surface area contributed by atoms with Gasteiger partial charge in [0.1, 0.15) is 0 Å². The Bertz CT molecular complexity index is 1040. The van der Waals surface area contributed by atoms with Gasteiger partial charge in [0, 0.05) is 24.6 Å². The van der Waals surface area contributed by atoms with Crippen molar-refractivity contribution in [3.05, 3.63) is 23.3 Å². The molecule has 7 rings (SSSR count). The summed E-state index contributed by atoms with van der Waals surface area (Å²) >= 11 is 0. The Kier molecular flexibility index (Phi) is 5.97. The minimum absolute atomic E-state index is 0.0289. The molecule has 7 atom stereocenters. The summed E-state index contributed by atoms with van der Waals surface area (Å²) in [4.78, 5) is 15.2. The number of carbonyl (C=O) groups is 1. The van der Waals surface area contributed by atoms with Gasteiger partial charge in [0.25, 0.3) is 0 Å². The Morgan fingerprint density at radius 3 is 2.64 bits per heavy atom. The maximum absolute atomic E-state index is 12.7. The van der Waals surface area contributed by atoms with E-state index >= 15 is 0 Å². The normalized spacial score (nSPS) is 40.8. The Labute approximate surface area is 215 Å². The molecule has 6 aliphatic rings. The van der Waals surface area contributed by atoms with Crippen LogP contribution in [0.1, 0.15) is 83.3 Å². The van der Waals surface area contributed by atoms with Gasteiger partial charge in [0.15, 0.2) is 23.4 Å². The number of hydrogen-bond acceptors (Lipinski definition) is 6. The Morgan fingerprint density at radius 1 is 1.17 bits per heavy atom. The number of phenolic OH excluding ortho intramolecular Hbond substituents is 1. The fourth-order valence-electron chi connectivity index (χ4n) is 8.42. The lowest BCUT2D eigenvalue weighted by atomic mass is 9.49.